The summed E-state index contributed by atoms with van der Waals surface area (Å²) in [5, 5.41) is 0. The molecule has 0 aliphatic carbocycles. The van der Waals surface area contributed by atoms with Crippen molar-refractivity contribution in [2.24, 2.45) is 0 Å². The third kappa shape index (κ3) is 1.52. The van der Waals surface area contributed by atoms with Crippen molar-refractivity contribution in [1.82, 2.24) is 15.0 Å². The van der Waals surface area contributed by atoms with Crippen molar-refractivity contribution in [1.29, 1.82) is 0 Å². The number of benzene rings is 1. The lowest BCUT2D eigenvalue weighted by atomic mass is 10.1. The fraction of sp³-hybridized carbons (Fsp3) is 0. The summed E-state index contributed by atoms with van der Waals surface area (Å²) in [7, 11) is 0. The molecule has 0 saturated carbocycles. The average molecular weight is 228 g/mol. The molecule has 3 N–H and O–H groups in total. The number of aromatic amines is 1. The summed E-state index contributed by atoms with van der Waals surface area (Å²) in [5.41, 5.74) is 7.69. The molecule has 0 amide bonds. The number of hydrogen-bond acceptors (Lipinski definition) is 3. The van der Waals surface area contributed by atoms with Gasteiger partial charge in [-0.2, -0.15) is 0 Å². The van der Waals surface area contributed by atoms with E-state index >= 15 is 0 Å². The van der Waals surface area contributed by atoms with Gasteiger partial charge in [0.05, 0.1) is 11.1 Å². The van der Waals surface area contributed by atoms with Gasteiger partial charge in [-0.15, -0.1) is 0 Å². The van der Waals surface area contributed by atoms with E-state index < -0.39 is 5.82 Å². The van der Waals surface area contributed by atoms with Crippen molar-refractivity contribution in [3.63, 3.8) is 0 Å². The molecule has 3 rings (SSSR count). The van der Waals surface area contributed by atoms with Gasteiger partial charge >= 0.3 is 0 Å². The van der Waals surface area contributed by atoms with Crippen LogP contribution >= 0.6 is 0 Å². The van der Waals surface area contributed by atoms with E-state index in [0.717, 1.165) is 5.52 Å². The third-order valence-corrected chi connectivity index (χ3v) is 2.54. The summed E-state index contributed by atoms with van der Waals surface area (Å²) >= 11 is 0. The summed E-state index contributed by atoms with van der Waals surface area (Å²) in [6.07, 6.45) is 1.64. The molecule has 17 heavy (non-hydrogen) atoms. The minimum Gasteiger partial charge on any atom is -0.398 e. The maximum atomic E-state index is 13.7. The first-order valence-electron chi connectivity index (χ1n) is 5.11. The fourth-order valence-corrected chi connectivity index (χ4v) is 1.75. The van der Waals surface area contributed by atoms with Gasteiger partial charge in [0.1, 0.15) is 11.6 Å². The summed E-state index contributed by atoms with van der Waals surface area (Å²) in [6, 6.07) is 8.17. The summed E-state index contributed by atoms with van der Waals surface area (Å²) < 4.78 is 13.7. The van der Waals surface area contributed by atoms with Gasteiger partial charge in [-0.1, -0.05) is 6.07 Å². The first kappa shape index (κ1) is 9.77. The Morgan fingerprint density at radius 2 is 2.06 bits per heavy atom. The average Bonchev–Trinajstić information content (AvgIpc) is 2.71. The third-order valence-electron chi connectivity index (χ3n) is 2.54. The van der Waals surface area contributed by atoms with E-state index in [2.05, 4.69) is 15.0 Å². The zero-order valence-corrected chi connectivity index (χ0v) is 8.81. The van der Waals surface area contributed by atoms with Crippen molar-refractivity contribution in [3.05, 3.63) is 42.3 Å². The Kier molecular flexibility index (Phi) is 2.04. The molecule has 2 heterocycles. The molecular weight excluding hydrogens is 219 g/mol. The second-order valence-electron chi connectivity index (χ2n) is 3.66. The van der Waals surface area contributed by atoms with Gasteiger partial charge in [-0.25, -0.2) is 14.4 Å². The number of imidazole rings is 1. The lowest BCUT2D eigenvalue weighted by Gasteiger charge is -2.02. The normalized spacial score (nSPS) is 10.9. The number of nitrogens with one attached hydrogen (secondary N) is 1. The fourth-order valence-electron chi connectivity index (χ4n) is 1.75. The molecule has 5 heteroatoms. The van der Waals surface area contributed by atoms with E-state index in [9.17, 15) is 4.39 Å². The molecule has 84 valence electrons. The van der Waals surface area contributed by atoms with Crippen LogP contribution in [0.2, 0.25) is 0 Å². The molecule has 0 aliphatic rings. The van der Waals surface area contributed by atoms with Crippen LogP contribution in [0.15, 0.2) is 36.5 Å². The maximum absolute atomic E-state index is 13.7. The molecule has 0 radical (unpaired) electrons. The van der Waals surface area contributed by atoms with Crippen LogP contribution in [0.1, 0.15) is 0 Å². The second kappa shape index (κ2) is 3.55. The van der Waals surface area contributed by atoms with Crippen LogP contribution in [-0.4, -0.2) is 15.0 Å². The number of nitrogen functional groups attached to an aromatic ring is 1. The zero-order valence-electron chi connectivity index (χ0n) is 8.81. The van der Waals surface area contributed by atoms with E-state index in [1.807, 2.05) is 6.07 Å². The van der Waals surface area contributed by atoms with Crippen molar-refractivity contribution in [3.8, 4) is 11.4 Å². The number of pyridine rings is 1. The van der Waals surface area contributed by atoms with Gasteiger partial charge in [-0.3, -0.25) is 0 Å². The van der Waals surface area contributed by atoms with Gasteiger partial charge in [-0.05, 0) is 24.3 Å². The van der Waals surface area contributed by atoms with Gasteiger partial charge in [0, 0.05) is 11.9 Å². The van der Waals surface area contributed by atoms with E-state index in [1.54, 1.807) is 24.4 Å². The van der Waals surface area contributed by atoms with Gasteiger partial charge in [0.2, 0.25) is 0 Å². The molecule has 4 nitrogen and oxygen atoms in total. The lowest BCUT2D eigenvalue weighted by Crippen LogP contribution is -1.94. The van der Waals surface area contributed by atoms with Crippen molar-refractivity contribution in [2.75, 3.05) is 5.73 Å². The molecule has 0 bridgehead atoms. The van der Waals surface area contributed by atoms with Crippen LogP contribution in [0.4, 0.5) is 10.1 Å². The number of fused-ring (bicyclic) bond motifs is 1. The number of nitrogens with two attached hydrogens (primary N) is 1. The molecule has 1 aromatic carbocycles. The van der Waals surface area contributed by atoms with Crippen molar-refractivity contribution in [2.45, 2.75) is 0 Å². The monoisotopic (exact) mass is 228 g/mol. The van der Waals surface area contributed by atoms with Crippen molar-refractivity contribution < 1.29 is 4.39 Å². The summed E-state index contributed by atoms with van der Waals surface area (Å²) in [6.45, 7) is 0. The van der Waals surface area contributed by atoms with E-state index in [1.165, 1.54) is 6.07 Å². The highest BCUT2D eigenvalue weighted by Gasteiger charge is 2.13. The highest BCUT2D eigenvalue weighted by Crippen LogP contribution is 2.27. The Labute approximate surface area is 96.3 Å². The number of anilines is 1. The Morgan fingerprint density at radius 3 is 2.82 bits per heavy atom. The smallest absolute Gasteiger partial charge is 0.178 e. The van der Waals surface area contributed by atoms with Gasteiger partial charge in [0.15, 0.2) is 5.65 Å². The highest BCUT2D eigenvalue weighted by molar-refractivity contribution is 5.80. The molecule has 0 atom stereocenters. The van der Waals surface area contributed by atoms with Crippen LogP contribution in [0.25, 0.3) is 22.6 Å². The molecule has 3 aromatic rings. The van der Waals surface area contributed by atoms with Crippen LogP contribution in [0.5, 0.6) is 0 Å². The quantitative estimate of drug-likeness (QED) is 0.628. The number of H-pyrrole nitrogens is 1. The van der Waals surface area contributed by atoms with Crippen LogP contribution in [0.3, 0.4) is 0 Å². The molecule has 0 unspecified atom stereocenters. The van der Waals surface area contributed by atoms with Gasteiger partial charge in [0.25, 0.3) is 0 Å². The Hall–Kier alpha value is -2.43. The van der Waals surface area contributed by atoms with E-state index in [-0.39, 0.29) is 5.56 Å². The van der Waals surface area contributed by atoms with Crippen LogP contribution in [0, 0.1) is 5.82 Å². The first-order valence-corrected chi connectivity index (χ1v) is 5.11. The molecular formula is C12H9FN4. The first-order chi connectivity index (χ1) is 8.25. The Bertz CT molecular complexity index is 637. The minimum absolute atomic E-state index is 0.283. The van der Waals surface area contributed by atoms with Crippen molar-refractivity contribution >= 4 is 16.9 Å². The number of nitrogens with zero attached hydrogens (tertiary/aromatic N) is 2. The minimum atomic E-state index is -0.399. The summed E-state index contributed by atoms with van der Waals surface area (Å²) in [4.78, 5) is 11.3. The number of halogens is 1. The molecule has 0 spiro atoms. The van der Waals surface area contributed by atoms with Crippen LogP contribution < -0.4 is 5.73 Å². The molecule has 0 aliphatic heterocycles. The molecule has 2 aromatic heterocycles. The van der Waals surface area contributed by atoms with E-state index in [4.69, 9.17) is 5.73 Å². The standard InChI is InChI=1S/C12H9FN4/c13-7-3-1-4-8(14)10(7)12-16-9-5-2-6-15-11(9)17-12/h1-6H,14H2,(H,15,16,17). The largest absolute Gasteiger partial charge is 0.398 e. The Balaban J connectivity index is 2.27. The zero-order chi connectivity index (χ0) is 11.8. The van der Waals surface area contributed by atoms with E-state index in [0.29, 0.717) is 17.2 Å². The molecule has 0 saturated heterocycles. The predicted octanol–water partition coefficient (Wildman–Crippen LogP) is 2.35. The SMILES string of the molecule is Nc1cccc(F)c1-c1nc2ncccc2[nH]1. The number of hydrogen-bond donors (Lipinski definition) is 2. The Morgan fingerprint density at radius 1 is 1.18 bits per heavy atom. The lowest BCUT2D eigenvalue weighted by molar-refractivity contribution is 0.631. The maximum Gasteiger partial charge on any atom is 0.178 e. The predicted molar refractivity (Wildman–Crippen MR) is 63.7 cm³/mol. The second-order valence-corrected chi connectivity index (χ2v) is 3.66. The number of aromatic nitrogens is 3. The summed E-state index contributed by atoms with van der Waals surface area (Å²) in [5.74, 6) is -0.00152. The van der Waals surface area contributed by atoms with Gasteiger partial charge < -0.3 is 10.7 Å². The van der Waals surface area contributed by atoms with Crippen LogP contribution in [-0.2, 0) is 0 Å². The molecule has 0 fully saturated rings. The highest BCUT2D eigenvalue weighted by atomic mass is 19.1. The number of rotatable bonds is 1. The topological polar surface area (TPSA) is 67.6 Å².